The van der Waals surface area contributed by atoms with Crippen LogP contribution in [-0.4, -0.2) is 5.04 Å². The van der Waals surface area contributed by atoms with Crippen LogP contribution in [0.15, 0.2) is 76.3 Å². The van der Waals surface area contributed by atoms with E-state index >= 15 is 0 Å². The van der Waals surface area contributed by atoms with Crippen molar-refractivity contribution in [2.75, 3.05) is 0 Å². The minimum Gasteiger partial charge on any atom is -0.480 e. The summed E-state index contributed by atoms with van der Waals surface area (Å²) in [6.45, 7) is 2.03. The van der Waals surface area contributed by atoms with E-state index in [0.29, 0.717) is 0 Å². The fourth-order valence-corrected chi connectivity index (χ4v) is 4.20. The van der Waals surface area contributed by atoms with Gasteiger partial charge in [-0.2, -0.15) is 0 Å². The highest BCUT2D eigenvalue weighted by atomic mass is 32.2. The summed E-state index contributed by atoms with van der Waals surface area (Å²) in [4.78, 5) is 6.08. The molecule has 0 N–H and O–H groups in total. The SMILES string of the molecule is CC1=CCC[C@]2(O1)C(Sc1ccccc1)=Nc1ccccc12. The molecule has 0 radical (unpaired) electrons. The molecule has 0 amide bonds. The second kappa shape index (κ2) is 5.33. The summed E-state index contributed by atoms with van der Waals surface area (Å²) < 4.78 is 6.36. The van der Waals surface area contributed by atoms with Crippen molar-refractivity contribution < 1.29 is 4.74 Å². The molecule has 2 nitrogen and oxygen atoms in total. The van der Waals surface area contributed by atoms with Crippen LogP contribution in [0.25, 0.3) is 0 Å². The van der Waals surface area contributed by atoms with Gasteiger partial charge in [0, 0.05) is 16.9 Å². The molecule has 1 atom stereocenters. The van der Waals surface area contributed by atoms with Crippen molar-refractivity contribution in [1.82, 2.24) is 0 Å². The molecule has 2 aromatic carbocycles. The molecule has 0 saturated carbocycles. The molecule has 2 aromatic rings. The van der Waals surface area contributed by atoms with Crippen LogP contribution in [0.5, 0.6) is 0 Å². The maximum atomic E-state index is 6.36. The average Bonchev–Trinajstić information content (AvgIpc) is 2.82. The Balaban J connectivity index is 1.78. The molecule has 1 spiro atoms. The quantitative estimate of drug-likeness (QED) is 0.700. The molecule has 110 valence electrons. The van der Waals surface area contributed by atoms with Crippen LogP contribution >= 0.6 is 11.8 Å². The fraction of sp³-hybridized carbons (Fsp3) is 0.211. The van der Waals surface area contributed by atoms with Crippen LogP contribution in [0.4, 0.5) is 5.69 Å². The van der Waals surface area contributed by atoms with E-state index < -0.39 is 5.60 Å². The minimum atomic E-state index is -0.407. The van der Waals surface area contributed by atoms with Gasteiger partial charge in [0.25, 0.3) is 0 Å². The molecule has 2 aliphatic rings. The van der Waals surface area contributed by atoms with E-state index in [9.17, 15) is 0 Å². The van der Waals surface area contributed by atoms with Gasteiger partial charge in [0.1, 0.15) is 5.04 Å². The Morgan fingerprint density at radius 3 is 2.64 bits per heavy atom. The Kier molecular flexibility index (Phi) is 3.30. The van der Waals surface area contributed by atoms with E-state index in [-0.39, 0.29) is 0 Å². The first-order valence-electron chi connectivity index (χ1n) is 7.55. The number of allylic oxidation sites excluding steroid dienone is 2. The van der Waals surface area contributed by atoms with E-state index in [1.165, 1.54) is 10.5 Å². The van der Waals surface area contributed by atoms with Crippen molar-refractivity contribution >= 4 is 22.5 Å². The van der Waals surface area contributed by atoms with Crippen LogP contribution in [0.1, 0.15) is 25.3 Å². The second-order valence-corrected chi connectivity index (χ2v) is 6.69. The third-order valence-electron chi connectivity index (χ3n) is 4.13. The van der Waals surface area contributed by atoms with E-state index in [4.69, 9.17) is 9.73 Å². The van der Waals surface area contributed by atoms with Gasteiger partial charge in [-0.05, 0) is 37.6 Å². The summed E-state index contributed by atoms with van der Waals surface area (Å²) in [5.41, 5.74) is 1.83. The molecule has 0 saturated heterocycles. The molecule has 0 aliphatic carbocycles. The summed E-state index contributed by atoms with van der Waals surface area (Å²) >= 11 is 1.71. The Morgan fingerprint density at radius 2 is 1.82 bits per heavy atom. The van der Waals surface area contributed by atoms with Gasteiger partial charge in [-0.3, -0.25) is 0 Å². The Bertz CT molecular complexity index is 766. The largest absolute Gasteiger partial charge is 0.480 e. The lowest BCUT2D eigenvalue weighted by atomic mass is 9.89. The average molecular weight is 307 g/mol. The lowest BCUT2D eigenvalue weighted by molar-refractivity contribution is 0.0476. The van der Waals surface area contributed by atoms with Crippen LogP contribution in [0, 0.1) is 0 Å². The van der Waals surface area contributed by atoms with Gasteiger partial charge >= 0.3 is 0 Å². The molecule has 0 fully saturated rings. The van der Waals surface area contributed by atoms with Crippen molar-refractivity contribution in [2.45, 2.75) is 30.3 Å². The molecular weight excluding hydrogens is 290 g/mol. The van der Waals surface area contributed by atoms with Gasteiger partial charge in [0.2, 0.25) is 0 Å². The predicted molar refractivity (Wildman–Crippen MR) is 91.6 cm³/mol. The highest BCUT2D eigenvalue weighted by Crippen LogP contribution is 2.50. The number of hydrogen-bond acceptors (Lipinski definition) is 3. The zero-order valence-electron chi connectivity index (χ0n) is 12.5. The highest BCUT2D eigenvalue weighted by Gasteiger charge is 2.47. The molecule has 0 unspecified atom stereocenters. The number of para-hydroxylation sites is 1. The Labute approximate surface area is 134 Å². The first-order chi connectivity index (χ1) is 10.8. The van der Waals surface area contributed by atoms with Crippen LogP contribution in [-0.2, 0) is 10.3 Å². The molecule has 2 heterocycles. The number of thioether (sulfide) groups is 1. The Hall–Kier alpha value is -2.00. The lowest BCUT2D eigenvalue weighted by Crippen LogP contribution is -2.36. The van der Waals surface area contributed by atoms with Crippen molar-refractivity contribution in [2.24, 2.45) is 4.99 Å². The number of aliphatic imine (C=N–C) groups is 1. The molecule has 0 bridgehead atoms. The van der Waals surface area contributed by atoms with E-state index in [2.05, 4.69) is 48.5 Å². The fourth-order valence-electron chi connectivity index (χ4n) is 3.12. The monoisotopic (exact) mass is 307 g/mol. The van der Waals surface area contributed by atoms with E-state index in [1.807, 2.05) is 19.1 Å². The molecule has 22 heavy (non-hydrogen) atoms. The molecular formula is C19H17NOS. The molecule has 2 aliphatic heterocycles. The predicted octanol–water partition coefficient (Wildman–Crippen LogP) is 5.43. The highest BCUT2D eigenvalue weighted by molar-refractivity contribution is 8.14. The minimum absolute atomic E-state index is 0.407. The van der Waals surface area contributed by atoms with Crippen molar-refractivity contribution in [1.29, 1.82) is 0 Å². The summed E-state index contributed by atoms with van der Waals surface area (Å²) in [5.74, 6) is 0.990. The van der Waals surface area contributed by atoms with E-state index in [0.717, 1.165) is 29.3 Å². The van der Waals surface area contributed by atoms with E-state index in [1.54, 1.807) is 11.8 Å². The van der Waals surface area contributed by atoms with Crippen LogP contribution < -0.4 is 0 Å². The van der Waals surface area contributed by atoms with Crippen molar-refractivity contribution in [3.05, 3.63) is 72.0 Å². The normalized spacial score (nSPS) is 22.8. The smallest absolute Gasteiger partial charge is 0.184 e. The first kappa shape index (κ1) is 13.6. The van der Waals surface area contributed by atoms with Crippen LogP contribution in [0.3, 0.4) is 0 Å². The van der Waals surface area contributed by atoms with Crippen molar-refractivity contribution in [3.63, 3.8) is 0 Å². The number of nitrogens with zero attached hydrogens (tertiary/aromatic N) is 1. The third kappa shape index (κ3) is 2.17. The number of benzene rings is 2. The van der Waals surface area contributed by atoms with Crippen molar-refractivity contribution in [3.8, 4) is 0 Å². The summed E-state index contributed by atoms with van der Waals surface area (Å²) in [7, 11) is 0. The molecule has 4 rings (SSSR count). The maximum absolute atomic E-state index is 6.36. The zero-order valence-corrected chi connectivity index (χ0v) is 13.3. The standard InChI is InChI=1S/C19H17NOS/c1-14-8-7-13-19(21-14)16-11-5-6-12-17(16)20-18(19)22-15-9-3-2-4-10-15/h2-6,8-12H,7,13H2,1H3/t19-/m1/s1. The topological polar surface area (TPSA) is 21.6 Å². The maximum Gasteiger partial charge on any atom is 0.184 e. The first-order valence-corrected chi connectivity index (χ1v) is 8.37. The summed E-state index contributed by atoms with van der Waals surface area (Å²) in [6, 6.07) is 18.7. The zero-order chi connectivity index (χ0) is 15.0. The summed E-state index contributed by atoms with van der Waals surface area (Å²) in [6.07, 6.45) is 4.13. The Morgan fingerprint density at radius 1 is 1.05 bits per heavy atom. The third-order valence-corrected chi connectivity index (χ3v) is 5.25. The number of ether oxygens (including phenoxy) is 1. The van der Waals surface area contributed by atoms with Gasteiger partial charge in [0.15, 0.2) is 5.60 Å². The van der Waals surface area contributed by atoms with Gasteiger partial charge in [0.05, 0.1) is 11.4 Å². The molecule has 3 heteroatoms. The second-order valence-electron chi connectivity index (χ2n) is 5.63. The molecule has 0 aromatic heterocycles. The number of rotatable bonds is 1. The van der Waals surface area contributed by atoms with Crippen LogP contribution in [0.2, 0.25) is 0 Å². The summed E-state index contributed by atoms with van der Waals surface area (Å²) in [5, 5.41) is 1.05. The van der Waals surface area contributed by atoms with Gasteiger partial charge in [-0.1, -0.05) is 48.2 Å². The van der Waals surface area contributed by atoms with Gasteiger partial charge in [-0.25, -0.2) is 4.99 Å². The van der Waals surface area contributed by atoms with Gasteiger partial charge in [-0.15, -0.1) is 0 Å². The van der Waals surface area contributed by atoms with Gasteiger partial charge < -0.3 is 4.74 Å². The number of fused-ring (bicyclic) bond motifs is 2. The lowest BCUT2D eigenvalue weighted by Gasteiger charge is -2.35. The number of hydrogen-bond donors (Lipinski definition) is 0.